The molecule has 0 aromatic heterocycles. The summed E-state index contributed by atoms with van der Waals surface area (Å²) in [6.07, 6.45) is 14.0. The lowest BCUT2D eigenvalue weighted by Crippen LogP contribution is -2.43. The second-order valence-electron chi connectivity index (χ2n) is 7.76. The van der Waals surface area contributed by atoms with Crippen LogP contribution in [-0.4, -0.2) is 12.2 Å². The molecular weight excluding hydrogens is 248 g/mol. The van der Waals surface area contributed by atoms with Crippen molar-refractivity contribution in [1.82, 2.24) is 0 Å². The van der Waals surface area contributed by atoms with Gasteiger partial charge in [0, 0.05) is 0 Å². The Bertz CT molecular complexity index is 296. The minimum Gasteiger partial charge on any atom is -0.233 e. The molecule has 0 aliphatic heterocycles. The van der Waals surface area contributed by atoms with Crippen molar-refractivity contribution in [3.63, 3.8) is 0 Å². The van der Waals surface area contributed by atoms with E-state index in [4.69, 9.17) is 9.78 Å². The van der Waals surface area contributed by atoms with E-state index in [1.807, 2.05) is 0 Å². The van der Waals surface area contributed by atoms with Crippen molar-refractivity contribution in [2.75, 3.05) is 0 Å². The minimum atomic E-state index is 0.375. The van der Waals surface area contributed by atoms with Gasteiger partial charge in [0.25, 0.3) is 0 Å². The first kappa shape index (κ1) is 14.8. The van der Waals surface area contributed by atoms with Crippen LogP contribution >= 0.6 is 0 Å². The molecule has 0 aromatic carbocycles. The van der Waals surface area contributed by atoms with Crippen LogP contribution in [0.4, 0.5) is 0 Å². The van der Waals surface area contributed by atoms with E-state index in [1.165, 1.54) is 64.2 Å². The van der Waals surface area contributed by atoms with Gasteiger partial charge in [0.05, 0.1) is 12.2 Å². The number of rotatable bonds is 4. The fourth-order valence-electron chi connectivity index (χ4n) is 5.07. The molecule has 3 aliphatic carbocycles. The van der Waals surface area contributed by atoms with E-state index in [2.05, 4.69) is 13.8 Å². The van der Waals surface area contributed by atoms with Gasteiger partial charge >= 0.3 is 0 Å². The van der Waals surface area contributed by atoms with Crippen LogP contribution in [0.3, 0.4) is 0 Å². The van der Waals surface area contributed by atoms with E-state index in [0.29, 0.717) is 12.2 Å². The topological polar surface area (TPSA) is 18.5 Å². The third-order valence-electron chi connectivity index (χ3n) is 6.02. The maximum atomic E-state index is 6.06. The zero-order valence-electron chi connectivity index (χ0n) is 13.4. The molecule has 0 aromatic rings. The second kappa shape index (κ2) is 6.79. The predicted molar refractivity (Wildman–Crippen MR) is 81.2 cm³/mol. The van der Waals surface area contributed by atoms with Gasteiger partial charge in [-0.3, -0.25) is 0 Å². The van der Waals surface area contributed by atoms with Crippen LogP contribution in [0.15, 0.2) is 0 Å². The summed E-state index contributed by atoms with van der Waals surface area (Å²) in [5, 5.41) is 0. The number of hydrogen-bond donors (Lipinski definition) is 0. The molecule has 3 aliphatic rings. The third-order valence-corrected chi connectivity index (χ3v) is 6.02. The van der Waals surface area contributed by atoms with Crippen LogP contribution in [0.1, 0.15) is 78.1 Å². The highest BCUT2D eigenvalue weighted by Crippen LogP contribution is 2.47. The number of hydrogen-bond acceptors (Lipinski definition) is 2. The molecule has 5 atom stereocenters. The van der Waals surface area contributed by atoms with Crippen LogP contribution < -0.4 is 0 Å². The fraction of sp³-hybridized carbons (Fsp3) is 1.00. The molecule has 4 unspecified atom stereocenters. The van der Waals surface area contributed by atoms with Crippen molar-refractivity contribution >= 4 is 0 Å². The van der Waals surface area contributed by atoms with Crippen LogP contribution in [0.25, 0.3) is 0 Å². The van der Waals surface area contributed by atoms with Crippen LogP contribution in [-0.2, 0) is 9.78 Å². The first-order chi connectivity index (χ1) is 9.76. The van der Waals surface area contributed by atoms with Gasteiger partial charge in [-0.25, -0.2) is 9.78 Å². The van der Waals surface area contributed by atoms with Gasteiger partial charge < -0.3 is 0 Å². The van der Waals surface area contributed by atoms with E-state index in [1.54, 1.807) is 0 Å². The highest BCUT2D eigenvalue weighted by molar-refractivity contribution is 4.91. The molecule has 2 heteroatoms. The van der Waals surface area contributed by atoms with Gasteiger partial charge in [-0.05, 0) is 62.2 Å². The molecular formula is C18H32O2. The summed E-state index contributed by atoms with van der Waals surface area (Å²) in [4.78, 5) is 11.9. The summed E-state index contributed by atoms with van der Waals surface area (Å²) in [6, 6.07) is 0. The summed E-state index contributed by atoms with van der Waals surface area (Å²) in [6.45, 7) is 4.75. The molecule has 20 heavy (non-hydrogen) atoms. The Morgan fingerprint density at radius 3 is 2.45 bits per heavy atom. The van der Waals surface area contributed by atoms with Crippen molar-refractivity contribution in [2.45, 2.75) is 90.3 Å². The van der Waals surface area contributed by atoms with E-state index in [9.17, 15) is 0 Å². The summed E-state index contributed by atoms with van der Waals surface area (Å²) in [5.74, 6) is 3.33. The van der Waals surface area contributed by atoms with E-state index < -0.39 is 0 Å². The average Bonchev–Trinajstić information content (AvgIpc) is 2.46. The molecule has 0 N–H and O–H groups in total. The molecule has 2 nitrogen and oxygen atoms in total. The molecule has 3 fully saturated rings. The second-order valence-corrected chi connectivity index (χ2v) is 7.76. The molecule has 0 radical (unpaired) electrons. The molecule has 3 rings (SSSR count). The normalized spacial score (nSPS) is 42.6. The van der Waals surface area contributed by atoms with Crippen molar-refractivity contribution in [3.8, 4) is 0 Å². The predicted octanol–water partition coefficient (Wildman–Crippen LogP) is 5.12. The van der Waals surface area contributed by atoms with Gasteiger partial charge in [-0.1, -0.05) is 39.5 Å². The summed E-state index contributed by atoms with van der Waals surface area (Å²) in [7, 11) is 0. The Balaban J connectivity index is 1.56. The van der Waals surface area contributed by atoms with Crippen LogP contribution in [0.2, 0.25) is 0 Å². The highest BCUT2D eigenvalue weighted by Gasteiger charge is 2.42. The lowest BCUT2D eigenvalue weighted by molar-refractivity contribution is -0.377. The molecule has 0 saturated heterocycles. The van der Waals surface area contributed by atoms with Gasteiger partial charge in [-0.2, -0.15) is 0 Å². The third kappa shape index (κ3) is 3.39. The van der Waals surface area contributed by atoms with Crippen molar-refractivity contribution < 1.29 is 9.78 Å². The quantitative estimate of drug-likeness (QED) is 0.526. The summed E-state index contributed by atoms with van der Waals surface area (Å²) < 4.78 is 0. The Morgan fingerprint density at radius 2 is 1.70 bits per heavy atom. The Morgan fingerprint density at radius 1 is 0.900 bits per heavy atom. The van der Waals surface area contributed by atoms with Gasteiger partial charge in [-0.15, -0.1) is 0 Å². The number of fused-ring (bicyclic) bond motifs is 2. The maximum Gasteiger partial charge on any atom is 0.0986 e. The molecule has 2 bridgehead atoms. The van der Waals surface area contributed by atoms with E-state index >= 15 is 0 Å². The fourth-order valence-corrected chi connectivity index (χ4v) is 5.07. The Hall–Kier alpha value is -0.0800. The summed E-state index contributed by atoms with van der Waals surface area (Å²) in [5.41, 5.74) is 0. The lowest BCUT2D eigenvalue weighted by Gasteiger charge is -2.46. The molecule has 0 amide bonds. The molecule has 116 valence electrons. The van der Waals surface area contributed by atoms with Crippen molar-refractivity contribution in [2.24, 2.45) is 23.7 Å². The highest BCUT2D eigenvalue weighted by atomic mass is 17.2. The SMILES string of the molecule is CCC1CC2CC(C)CC(C2)[C@H]1OOC1CCCCC1. The standard InChI is InChI=1S/C18H32O2/c1-3-15-11-14-9-13(2)10-16(12-14)18(15)20-19-17-7-5-4-6-8-17/h13-18H,3-12H2,1-2H3/t13?,14?,15?,16?,18-/m0/s1. The van der Waals surface area contributed by atoms with Crippen LogP contribution in [0.5, 0.6) is 0 Å². The first-order valence-electron chi connectivity index (χ1n) is 9.08. The van der Waals surface area contributed by atoms with Gasteiger partial charge in [0.2, 0.25) is 0 Å². The monoisotopic (exact) mass is 280 g/mol. The first-order valence-corrected chi connectivity index (χ1v) is 9.08. The summed E-state index contributed by atoms with van der Waals surface area (Å²) >= 11 is 0. The smallest absolute Gasteiger partial charge is 0.0986 e. The minimum absolute atomic E-state index is 0.375. The molecule has 0 spiro atoms. The molecule has 0 heterocycles. The Labute approximate surface area is 124 Å². The maximum absolute atomic E-state index is 6.06. The average molecular weight is 280 g/mol. The van der Waals surface area contributed by atoms with Gasteiger partial charge in [0.1, 0.15) is 0 Å². The van der Waals surface area contributed by atoms with Crippen LogP contribution in [0, 0.1) is 23.7 Å². The zero-order valence-corrected chi connectivity index (χ0v) is 13.4. The van der Waals surface area contributed by atoms with E-state index in [0.717, 1.165) is 23.7 Å². The largest absolute Gasteiger partial charge is 0.233 e. The van der Waals surface area contributed by atoms with E-state index in [-0.39, 0.29) is 0 Å². The zero-order chi connectivity index (χ0) is 13.9. The van der Waals surface area contributed by atoms with Gasteiger partial charge in [0.15, 0.2) is 0 Å². The lowest BCUT2D eigenvalue weighted by atomic mass is 9.63. The molecule has 3 saturated carbocycles. The Kier molecular flexibility index (Phi) is 5.04. The van der Waals surface area contributed by atoms with Crippen molar-refractivity contribution in [3.05, 3.63) is 0 Å². The van der Waals surface area contributed by atoms with Crippen molar-refractivity contribution in [1.29, 1.82) is 0 Å².